The highest BCUT2D eigenvalue weighted by atomic mass is 79.9. The SMILES string of the molecule is O=C(O)c1cc(Br)ccc1-c1sccc1Br. The monoisotopic (exact) mass is 360 g/mol. The lowest BCUT2D eigenvalue weighted by Crippen LogP contribution is -1.98. The minimum absolute atomic E-state index is 0.303. The Morgan fingerprint density at radius 1 is 1.25 bits per heavy atom. The highest BCUT2D eigenvalue weighted by Crippen LogP contribution is 2.36. The van der Waals surface area contributed by atoms with Crippen molar-refractivity contribution in [2.24, 2.45) is 0 Å². The molecule has 0 saturated carbocycles. The highest BCUT2D eigenvalue weighted by Gasteiger charge is 2.15. The lowest BCUT2D eigenvalue weighted by molar-refractivity contribution is 0.0697. The topological polar surface area (TPSA) is 37.3 Å². The molecule has 1 aromatic heterocycles. The van der Waals surface area contributed by atoms with Gasteiger partial charge in [-0.05, 0) is 39.5 Å². The number of hydrogen-bond donors (Lipinski definition) is 1. The summed E-state index contributed by atoms with van der Waals surface area (Å²) in [7, 11) is 0. The molecule has 1 aromatic carbocycles. The van der Waals surface area contributed by atoms with Crippen molar-refractivity contribution in [3.63, 3.8) is 0 Å². The van der Waals surface area contributed by atoms with Gasteiger partial charge in [0.2, 0.25) is 0 Å². The lowest BCUT2D eigenvalue weighted by Gasteiger charge is -2.05. The minimum Gasteiger partial charge on any atom is -0.478 e. The third kappa shape index (κ3) is 2.21. The Morgan fingerprint density at radius 2 is 2.00 bits per heavy atom. The van der Waals surface area contributed by atoms with Crippen molar-refractivity contribution in [1.82, 2.24) is 0 Å². The quantitative estimate of drug-likeness (QED) is 0.846. The molecular formula is C11H6Br2O2S. The van der Waals surface area contributed by atoms with E-state index in [1.165, 1.54) is 11.3 Å². The van der Waals surface area contributed by atoms with Crippen molar-refractivity contribution in [1.29, 1.82) is 0 Å². The number of carbonyl (C=O) groups is 1. The first-order chi connectivity index (χ1) is 7.59. The second-order valence-corrected chi connectivity index (χ2v) is 5.78. The molecule has 2 aromatic rings. The van der Waals surface area contributed by atoms with Gasteiger partial charge in [0.1, 0.15) is 0 Å². The van der Waals surface area contributed by atoms with Crippen LogP contribution in [0.2, 0.25) is 0 Å². The molecule has 0 saturated heterocycles. The van der Waals surface area contributed by atoms with Gasteiger partial charge in [-0.15, -0.1) is 11.3 Å². The maximum atomic E-state index is 11.1. The number of halogens is 2. The van der Waals surface area contributed by atoms with E-state index in [0.29, 0.717) is 5.56 Å². The summed E-state index contributed by atoms with van der Waals surface area (Å²) in [6.45, 7) is 0. The first-order valence-corrected chi connectivity index (χ1v) is 6.82. The molecule has 0 unspecified atom stereocenters. The zero-order valence-electron chi connectivity index (χ0n) is 7.91. The van der Waals surface area contributed by atoms with Crippen LogP contribution in [-0.4, -0.2) is 11.1 Å². The smallest absolute Gasteiger partial charge is 0.336 e. The summed E-state index contributed by atoms with van der Waals surface area (Å²) >= 11 is 8.20. The summed E-state index contributed by atoms with van der Waals surface area (Å²) < 4.78 is 1.68. The van der Waals surface area contributed by atoms with Crippen LogP contribution in [-0.2, 0) is 0 Å². The van der Waals surface area contributed by atoms with Crippen LogP contribution in [0.1, 0.15) is 10.4 Å². The zero-order valence-corrected chi connectivity index (χ0v) is 11.9. The average molecular weight is 362 g/mol. The Kier molecular flexibility index (Phi) is 3.47. The standard InChI is InChI=1S/C11H6Br2O2S/c12-6-1-2-7(8(5-6)11(14)15)10-9(13)3-4-16-10/h1-5H,(H,14,15). The van der Waals surface area contributed by atoms with Gasteiger partial charge >= 0.3 is 5.97 Å². The Bertz CT molecular complexity index is 549. The van der Waals surface area contributed by atoms with Gasteiger partial charge in [-0.3, -0.25) is 0 Å². The van der Waals surface area contributed by atoms with Crippen LogP contribution in [0.25, 0.3) is 10.4 Å². The van der Waals surface area contributed by atoms with E-state index in [9.17, 15) is 4.79 Å². The van der Waals surface area contributed by atoms with E-state index in [1.54, 1.807) is 6.07 Å². The molecule has 16 heavy (non-hydrogen) atoms. The van der Waals surface area contributed by atoms with E-state index in [4.69, 9.17) is 5.11 Å². The number of aromatic carboxylic acids is 1. The average Bonchev–Trinajstić information content (AvgIpc) is 2.64. The van der Waals surface area contributed by atoms with Gasteiger partial charge in [0.15, 0.2) is 0 Å². The van der Waals surface area contributed by atoms with Crippen LogP contribution in [0, 0.1) is 0 Å². The number of carboxylic acids is 1. The molecular weight excluding hydrogens is 356 g/mol. The normalized spacial score (nSPS) is 10.4. The number of hydrogen-bond acceptors (Lipinski definition) is 2. The molecule has 0 spiro atoms. The summed E-state index contributed by atoms with van der Waals surface area (Å²) in [4.78, 5) is 12.1. The van der Waals surface area contributed by atoms with Gasteiger partial charge in [0.25, 0.3) is 0 Å². The van der Waals surface area contributed by atoms with Crippen LogP contribution in [0.3, 0.4) is 0 Å². The largest absolute Gasteiger partial charge is 0.478 e. The molecule has 2 rings (SSSR count). The van der Waals surface area contributed by atoms with Crippen molar-refractivity contribution in [2.45, 2.75) is 0 Å². The molecule has 2 nitrogen and oxygen atoms in total. The highest BCUT2D eigenvalue weighted by molar-refractivity contribution is 9.11. The molecule has 0 fully saturated rings. The van der Waals surface area contributed by atoms with Gasteiger partial charge in [-0.1, -0.05) is 22.0 Å². The second kappa shape index (κ2) is 4.69. The van der Waals surface area contributed by atoms with Crippen molar-refractivity contribution in [3.8, 4) is 10.4 Å². The summed E-state index contributed by atoms with van der Waals surface area (Å²) in [5.74, 6) is -0.920. The van der Waals surface area contributed by atoms with E-state index in [2.05, 4.69) is 31.9 Å². The van der Waals surface area contributed by atoms with Crippen molar-refractivity contribution in [3.05, 3.63) is 44.2 Å². The molecule has 0 atom stereocenters. The number of benzene rings is 1. The van der Waals surface area contributed by atoms with Crippen LogP contribution >= 0.6 is 43.2 Å². The molecule has 1 heterocycles. The fourth-order valence-electron chi connectivity index (χ4n) is 1.38. The van der Waals surface area contributed by atoms with E-state index in [1.807, 2.05) is 23.6 Å². The zero-order chi connectivity index (χ0) is 11.7. The summed E-state index contributed by atoms with van der Waals surface area (Å²) in [6, 6.07) is 7.18. The molecule has 1 N–H and O–H groups in total. The van der Waals surface area contributed by atoms with Gasteiger partial charge in [-0.25, -0.2) is 4.79 Å². The molecule has 0 aliphatic heterocycles. The summed E-state index contributed by atoms with van der Waals surface area (Å²) in [6.07, 6.45) is 0. The van der Waals surface area contributed by atoms with E-state index < -0.39 is 5.97 Å². The Labute approximate surface area is 113 Å². The second-order valence-electron chi connectivity index (χ2n) is 3.09. The van der Waals surface area contributed by atoms with E-state index >= 15 is 0 Å². The maximum Gasteiger partial charge on any atom is 0.336 e. The molecule has 0 bridgehead atoms. The van der Waals surface area contributed by atoms with Crippen LogP contribution in [0.4, 0.5) is 0 Å². The van der Waals surface area contributed by atoms with Crippen molar-refractivity contribution < 1.29 is 9.90 Å². The Balaban J connectivity index is 2.65. The van der Waals surface area contributed by atoms with Crippen LogP contribution in [0.15, 0.2) is 38.6 Å². The number of thiophene rings is 1. The fraction of sp³-hybridized carbons (Fsp3) is 0. The molecule has 0 aliphatic carbocycles. The van der Waals surface area contributed by atoms with Gasteiger partial charge in [0.05, 0.1) is 5.56 Å². The van der Waals surface area contributed by atoms with Crippen LogP contribution in [0.5, 0.6) is 0 Å². The van der Waals surface area contributed by atoms with Crippen LogP contribution < -0.4 is 0 Å². The third-order valence-electron chi connectivity index (χ3n) is 2.07. The molecule has 5 heteroatoms. The van der Waals surface area contributed by atoms with E-state index in [-0.39, 0.29) is 0 Å². The third-order valence-corrected chi connectivity index (χ3v) is 4.44. The van der Waals surface area contributed by atoms with Gasteiger partial charge in [-0.2, -0.15) is 0 Å². The first-order valence-electron chi connectivity index (χ1n) is 4.36. The summed E-state index contributed by atoms with van der Waals surface area (Å²) in [5, 5.41) is 11.1. The van der Waals surface area contributed by atoms with Crippen molar-refractivity contribution >= 4 is 49.2 Å². The molecule has 82 valence electrons. The minimum atomic E-state index is -0.920. The number of carboxylic acid groups (broad SMARTS) is 1. The Hall–Kier alpha value is -0.650. The number of rotatable bonds is 2. The molecule has 0 radical (unpaired) electrons. The predicted molar refractivity (Wildman–Crippen MR) is 72.1 cm³/mol. The fourth-order valence-corrected chi connectivity index (χ4v) is 3.37. The van der Waals surface area contributed by atoms with Crippen molar-refractivity contribution in [2.75, 3.05) is 0 Å². The lowest BCUT2D eigenvalue weighted by atomic mass is 10.1. The molecule has 0 amide bonds. The van der Waals surface area contributed by atoms with E-state index in [0.717, 1.165) is 19.4 Å². The first kappa shape index (κ1) is 11.8. The molecule has 0 aliphatic rings. The van der Waals surface area contributed by atoms with Gasteiger partial charge < -0.3 is 5.11 Å². The van der Waals surface area contributed by atoms with Gasteiger partial charge in [0, 0.05) is 19.4 Å². The summed E-state index contributed by atoms with van der Waals surface area (Å²) in [5.41, 5.74) is 1.04. The Morgan fingerprint density at radius 3 is 2.56 bits per heavy atom. The maximum absolute atomic E-state index is 11.1. The predicted octanol–water partition coefficient (Wildman–Crippen LogP) is 4.64.